The van der Waals surface area contributed by atoms with Crippen LogP contribution in [0.1, 0.15) is 37.2 Å². The van der Waals surface area contributed by atoms with Gasteiger partial charge in [-0.3, -0.25) is 34.3 Å². The van der Waals surface area contributed by atoms with Crippen LogP contribution in [0.15, 0.2) is 60.0 Å². The van der Waals surface area contributed by atoms with Gasteiger partial charge in [-0.2, -0.15) is 13.2 Å². The van der Waals surface area contributed by atoms with Crippen LogP contribution in [0, 0.1) is 10.1 Å². The van der Waals surface area contributed by atoms with Crippen LogP contribution in [-0.2, 0) is 11.0 Å². The first-order chi connectivity index (χ1) is 16.1. The van der Waals surface area contributed by atoms with E-state index in [0.29, 0.717) is 9.78 Å². The molecule has 0 aliphatic carbocycles. The molecule has 172 valence electrons. The van der Waals surface area contributed by atoms with Gasteiger partial charge in [-0.25, -0.2) is 0 Å². The van der Waals surface area contributed by atoms with E-state index in [-0.39, 0.29) is 11.3 Å². The molecule has 1 aromatic heterocycles. The molecule has 1 fully saturated rings. The smallest absolute Gasteiger partial charge is 0.300 e. The lowest BCUT2D eigenvalue weighted by Gasteiger charge is -2.49. The molecule has 8 nitrogen and oxygen atoms in total. The van der Waals surface area contributed by atoms with Gasteiger partial charge in [0.2, 0.25) is 0 Å². The summed E-state index contributed by atoms with van der Waals surface area (Å²) in [6, 6.07) is 8.78. The molecule has 2 atom stereocenters. The standard InChI is InChI=1S/C22H12F3N3O5S/c23-22(24,25)11-4-1-5-12(10-11)26-17(15-8-3-9-34-15)18(21(26)31)27-19(29)13-6-2-7-14(28(32)33)16(13)20(27)30/h1-10,17-18H/t17-,18-/m1/s1. The van der Waals surface area contributed by atoms with E-state index in [1.807, 2.05) is 0 Å². The highest BCUT2D eigenvalue weighted by molar-refractivity contribution is 7.10. The number of benzene rings is 2. The maximum atomic E-state index is 13.2. The molecule has 1 saturated heterocycles. The zero-order chi connectivity index (χ0) is 24.4. The van der Waals surface area contributed by atoms with Crippen LogP contribution in [0.3, 0.4) is 0 Å². The Kier molecular flexibility index (Phi) is 4.79. The van der Waals surface area contributed by atoms with Crippen molar-refractivity contribution in [2.24, 2.45) is 0 Å². The second-order valence-electron chi connectivity index (χ2n) is 7.60. The summed E-state index contributed by atoms with van der Waals surface area (Å²) in [7, 11) is 0. The summed E-state index contributed by atoms with van der Waals surface area (Å²) in [6.07, 6.45) is -4.64. The third kappa shape index (κ3) is 3.10. The van der Waals surface area contributed by atoms with Crippen molar-refractivity contribution in [1.82, 2.24) is 4.90 Å². The van der Waals surface area contributed by atoms with Gasteiger partial charge in [0.05, 0.1) is 16.1 Å². The Balaban J connectivity index is 1.58. The summed E-state index contributed by atoms with van der Waals surface area (Å²) >= 11 is 1.20. The SMILES string of the molecule is O=C1c2cccc([N+](=O)[O-])c2C(=O)N1[C@H]1C(=O)N(c2cccc(C(F)(F)F)c2)[C@@H]1c1cccs1. The lowest BCUT2D eigenvalue weighted by Crippen LogP contribution is -2.67. The van der Waals surface area contributed by atoms with Gasteiger partial charge in [0, 0.05) is 16.6 Å². The average molecular weight is 487 g/mol. The number of fused-ring (bicyclic) bond motifs is 1. The molecule has 34 heavy (non-hydrogen) atoms. The van der Waals surface area contributed by atoms with Gasteiger partial charge in [0.25, 0.3) is 23.4 Å². The van der Waals surface area contributed by atoms with Gasteiger partial charge in [0.1, 0.15) is 17.6 Å². The lowest BCUT2D eigenvalue weighted by molar-refractivity contribution is -0.385. The van der Waals surface area contributed by atoms with E-state index in [0.717, 1.165) is 29.2 Å². The Labute approximate surface area is 193 Å². The van der Waals surface area contributed by atoms with Gasteiger partial charge in [-0.15, -0.1) is 11.3 Å². The molecule has 2 aliphatic heterocycles. The molecule has 2 aliphatic rings. The molecular weight excluding hydrogens is 475 g/mol. The van der Waals surface area contributed by atoms with Gasteiger partial charge < -0.3 is 0 Å². The largest absolute Gasteiger partial charge is 0.416 e. The van der Waals surface area contributed by atoms with Crippen molar-refractivity contribution in [3.8, 4) is 0 Å². The normalized spacial score (nSPS) is 19.9. The molecule has 0 radical (unpaired) electrons. The fourth-order valence-electron chi connectivity index (χ4n) is 4.28. The molecule has 0 N–H and O–H groups in total. The molecule has 0 saturated carbocycles. The minimum atomic E-state index is -4.64. The number of anilines is 1. The maximum Gasteiger partial charge on any atom is 0.416 e. The van der Waals surface area contributed by atoms with Crippen molar-refractivity contribution in [3.05, 3.63) is 91.7 Å². The Morgan fingerprint density at radius 1 is 0.912 bits per heavy atom. The van der Waals surface area contributed by atoms with Crippen LogP contribution in [0.2, 0.25) is 0 Å². The van der Waals surface area contributed by atoms with Crippen LogP contribution in [0.25, 0.3) is 0 Å². The van der Waals surface area contributed by atoms with E-state index in [2.05, 4.69) is 0 Å². The van der Waals surface area contributed by atoms with Crippen LogP contribution in [-0.4, -0.2) is 33.6 Å². The number of β-lactam (4-membered cyclic amide) rings is 1. The number of nitro benzene ring substituents is 1. The second kappa shape index (κ2) is 7.48. The number of carbonyl (C=O) groups excluding carboxylic acids is 3. The van der Waals surface area contributed by atoms with Crippen molar-refractivity contribution >= 4 is 40.4 Å². The number of nitro groups is 1. The number of thiophene rings is 1. The summed E-state index contributed by atoms with van der Waals surface area (Å²) < 4.78 is 39.7. The van der Waals surface area contributed by atoms with Crippen molar-refractivity contribution in [3.63, 3.8) is 0 Å². The van der Waals surface area contributed by atoms with Gasteiger partial charge in [-0.05, 0) is 35.7 Å². The highest BCUT2D eigenvalue weighted by atomic mass is 32.1. The van der Waals surface area contributed by atoms with Crippen LogP contribution >= 0.6 is 11.3 Å². The number of amides is 3. The molecule has 3 aromatic rings. The fourth-order valence-corrected chi connectivity index (χ4v) is 5.12. The van der Waals surface area contributed by atoms with E-state index in [9.17, 15) is 37.7 Å². The second-order valence-corrected chi connectivity index (χ2v) is 8.58. The fraction of sp³-hybridized carbons (Fsp3) is 0.136. The zero-order valence-electron chi connectivity index (χ0n) is 16.9. The van der Waals surface area contributed by atoms with E-state index < -0.39 is 57.7 Å². The number of nitrogens with zero attached hydrogens (tertiary/aromatic N) is 3. The summed E-state index contributed by atoms with van der Waals surface area (Å²) in [6.45, 7) is 0. The van der Waals surface area contributed by atoms with Crippen LogP contribution in [0.5, 0.6) is 0 Å². The first-order valence-electron chi connectivity index (χ1n) is 9.80. The minimum Gasteiger partial charge on any atom is -0.300 e. The Morgan fingerprint density at radius 2 is 1.65 bits per heavy atom. The first kappa shape index (κ1) is 21.8. The van der Waals surface area contributed by atoms with Crippen molar-refractivity contribution in [2.75, 3.05) is 4.90 Å². The third-order valence-electron chi connectivity index (χ3n) is 5.75. The number of halogens is 3. The molecule has 12 heteroatoms. The molecular formula is C22H12F3N3O5S. The topological polar surface area (TPSA) is 101 Å². The van der Waals surface area contributed by atoms with E-state index >= 15 is 0 Å². The predicted octanol–water partition coefficient (Wildman–Crippen LogP) is 4.43. The molecule has 3 heterocycles. The molecule has 0 unspecified atom stereocenters. The molecule has 3 amide bonds. The van der Waals surface area contributed by atoms with E-state index in [4.69, 9.17) is 0 Å². The number of hydrogen-bond donors (Lipinski definition) is 0. The number of alkyl halides is 3. The van der Waals surface area contributed by atoms with E-state index in [1.54, 1.807) is 17.5 Å². The number of hydrogen-bond acceptors (Lipinski definition) is 6. The monoisotopic (exact) mass is 487 g/mol. The Hall–Kier alpha value is -4.06. The number of imide groups is 1. The quantitative estimate of drug-likeness (QED) is 0.235. The average Bonchev–Trinajstić information content (AvgIpc) is 3.40. The molecule has 5 rings (SSSR count). The molecule has 0 spiro atoms. The Morgan fingerprint density at radius 3 is 2.29 bits per heavy atom. The zero-order valence-corrected chi connectivity index (χ0v) is 17.7. The predicted molar refractivity (Wildman–Crippen MR) is 113 cm³/mol. The Bertz CT molecular complexity index is 1370. The number of carbonyl (C=O) groups is 3. The molecule has 0 bridgehead atoms. The summed E-state index contributed by atoms with van der Waals surface area (Å²) in [5.74, 6) is -2.63. The third-order valence-corrected chi connectivity index (χ3v) is 6.70. The van der Waals surface area contributed by atoms with Gasteiger partial charge in [-0.1, -0.05) is 18.2 Å². The number of rotatable bonds is 4. The van der Waals surface area contributed by atoms with Crippen molar-refractivity contribution < 1.29 is 32.5 Å². The van der Waals surface area contributed by atoms with Gasteiger partial charge >= 0.3 is 6.18 Å². The summed E-state index contributed by atoms with van der Waals surface area (Å²) in [5.41, 5.74) is -2.17. The minimum absolute atomic E-state index is 0.0444. The van der Waals surface area contributed by atoms with Crippen molar-refractivity contribution in [2.45, 2.75) is 18.3 Å². The molecule has 2 aromatic carbocycles. The van der Waals surface area contributed by atoms with Crippen LogP contribution in [0.4, 0.5) is 24.5 Å². The summed E-state index contributed by atoms with van der Waals surface area (Å²) in [5, 5.41) is 13.1. The van der Waals surface area contributed by atoms with Crippen LogP contribution < -0.4 is 4.90 Å². The van der Waals surface area contributed by atoms with Crippen molar-refractivity contribution in [1.29, 1.82) is 0 Å². The summed E-state index contributed by atoms with van der Waals surface area (Å²) in [4.78, 5) is 52.4. The van der Waals surface area contributed by atoms with Gasteiger partial charge in [0.15, 0.2) is 0 Å². The van der Waals surface area contributed by atoms with E-state index in [1.165, 1.54) is 29.5 Å². The first-order valence-corrected chi connectivity index (χ1v) is 10.7. The maximum absolute atomic E-state index is 13.2. The highest BCUT2D eigenvalue weighted by Gasteiger charge is 2.58. The highest BCUT2D eigenvalue weighted by Crippen LogP contribution is 2.47. The lowest BCUT2D eigenvalue weighted by atomic mass is 9.90.